The highest BCUT2D eigenvalue weighted by Gasteiger charge is 2.47. The van der Waals surface area contributed by atoms with Gasteiger partial charge in [0.25, 0.3) is 0 Å². The van der Waals surface area contributed by atoms with Crippen molar-refractivity contribution >= 4 is 21.9 Å². The number of halogens is 1. The van der Waals surface area contributed by atoms with E-state index < -0.39 is 21.4 Å². The molecule has 0 radical (unpaired) electrons. The van der Waals surface area contributed by atoms with Gasteiger partial charge < -0.3 is 9.84 Å². The molecular weight excluding hydrogens is 354 g/mol. The van der Waals surface area contributed by atoms with E-state index in [1.165, 1.54) is 32.6 Å². The Morgan fingerprint density at radius 2 is 1.82 bits per heavy atom. The molecule has 22 heavy (non-hydrogen) atoms. The smallest absolute Gasteiger partial charge is 0.312 e. The molecule has 0 amide bonds. The highest BCUT2D eigenvalue weighted by Crippen LogP contribution is 2.29. The molecule has 0 fully saturated rings. The van der Waals surface area contributed by atoms with E-state index >= 15 is 0 Å². The zero-order valence-electron chi connectivity index (χ0n) is 13.6. The molecule has 0 aliphatic heterocycles. The molecule has 0 aliphatic rings. The van der Waals surface area contributed by atoms with Crippen LogP contribution in [-0.4, -0.2) is 33.2 Å². The fourth-order valence-electron chi connectivity index (χ4n) is 2.17. The number of hydrogen-bond acceptors (Lipinski definition) is 5. The van der Waals surface area contributed by atoms with Crippen LogP contribution in [0.2, 0.25) is 0 Å². The Hall–Kier alpha value is -0.690. The third kappa shape index (κ3) is 8.08. The van der Waals surface area contributed by atoms with E-state index in [-0.39, 0.29) is 19.4 Å². The summed E-state index contributed by atoms with van der Waals surface area (Å²) >= 11 is 2.98. The van der Waals surface area contributed by atoms with Crippen molar-refractivity contribution in [2.45, 2.75) is 82.2 Å². The fourth-order valence-corrected chi connectivity index (χ4v) is 2.44. The summed E-state index contributed by atoms with van der Waals surface area (Å²) in [7, 11) is 0. The Kier molecular flexibility index (Phi) is 11.5. The summed E-state index contributed by atoms with van der Waals surface area (Å²) in [5, 5.41) is 20.0. The Labute approximate surface area is 140 Å². The molecule has 0 aliphatic carbocycles. The Morgan fingerprint density at radius 3 is 2.32 bits per heavy atom. The van der Waals surface area contributed by atoms with Gasteiger partial charge in [-0.3, -0.25) is 14.9 Å². The lowest BCUT2D eigenvalue weighted by Crippen LogP contribution is -2.45. The van der Waals surface area contributed by atoms with Crippen molar-refractivity contribution in [1.29, 1.82) is 0 Å². The maximum atomic E-state index is 11.7. The monoisotopic (exact) mass is 381 g/mol. The van der Waals surface area contributed by atoms with Gasteiger partial charge in [-0.15, -0.1) is 0 Å². The molecule has 6 nitrogen and oxygen atoms in total. The first kappa shape index (κ1) is 21.3. The Morgan fingerprint density at radius 1 is 1.27 bits per heavy atom. The molecule has 0 aromatic rings. The van der Waals surface area contributed by atoms with Gasteiger partial charge in [-0.25, -0.2) is 0 Å². The molecule has 130 valence electrons. The van der Waals surface area contributed by atoms with Crippen molar-refractivity contribution in [2.24, 2.45) is 0 Å². The number of carbonyl (C=O) groups excluding carboxylic acids is 1. The van der Waals surface area contributed by atoms with E-state index in [0.717, 1.165) is 19.3 Å². The first-order valence-corrected chi connectivity index (χ1v) is 8.81. The number of aliphatic hydroxyl groups is 1. The summed E-state index contributed by atoms with van der Waals surface area (Å²) in [5.41, 5.74) is 0. The highest BCUT2D eigenvalue weighted by molar-refractivity contribution is 9.10. The number of alkyl halides is 1. The number of unbranched alkanes of at least 4 members (excludes halogenated alkanes) is 6. The average molecular weight is 382 g/mol. The molecule has 1 N–H and O–H groups in total. The van der Waals surface area contributed by atoms with Crippen LogP contribution in [0, 0.1) is 10.1 Å². The van der Waals surface area contributed by atoms with Gasteiger partial charge in [-0.2, -0.15) is 0 Å². The molecule has 2 unspecified atom stereocenters. The minimum atomic E-state index is -1.63. The van der Waals surface area contributed by atoms with Crippen LogP contribution >= 0.6 is 15.9 Å². The maximum Gasteiger partial charge on any atom is 0.312 e. The summed E-state index contributed by atoms with van der Waals surface area (Å²) in [4.78, 5) is 22.2. The van der Waals surface area contributed by atoms with E-state index in [1.54, 1.807) is 0 Å². The molecule has 0 heterocycles. The Balaban J connectivity index is 4.01. The topological polar surface area (TPSA) is 89.7 Å². The van der Waals surface area contributed by atoms with Crippen molar-refractivity contribution in [3.05, 3.63) is 10.1 Å². The van der Waals surface area contributed by atoms with E-state index in [2.05, 4.69) is 22.9 Å². The zero-order chi connectivity index (χ0) is 17.0. The van der Waals surface area contributed by atoms with Crippen LogP contribution in [0.5, 0.6) is 0 Å². The molecular formula is C15H28BrNO5. The lowest BCUT2D eigenvalue weighted by atomic mass is 10.1. The first-order chi connectivity index (χ1) is 10.4. The van der Waals surface area contributed by atoms with Crippen molar-refractivity contribution in [1.82, 2.24) is 0 Å². The van der Waals surface area contributed by atoms with Gasteiger partial charge in [-0.1, -0.05) is 45.4 Å². The number of rotatable bonds is 13. The average Bonchev–Trinajstić information content (AvgIpc) is 2.46. The SMILES string of the molecule is CCCCCCCCCC(=O)OC(C)C(Br)(CCO)[N+](=O)[O-]. The fraction of sp³-hybridized carbons (Fsp3) is 0.933. The van der Waals surface area contributed by atoms with Crippen molar-refractivity contribution < 1.29 is 19.6 Å². The highest BCUT2D eigenvalue weighted by atomic mass is 79.9. The number of nitro groups is 1. The summed E-state index contributed by atoms with van der Waals surface area (Å²) in [6.45, 7) is 3.28. The normalized spacial score (nSPS) is 15.1. The number of esters is 1. The van der Waals surface area contributed by atoms with Crippen LogP contribution in [0.15, 0.2) is 0 Å². The van der Waals surface area contributed by atoms with Gasteiger partial charge in [0.2, 0.25) is 0 Å². The summed E-state index contributed by atoms with van der Waals surface area (Å²) in [6.07, 6.45) is 6.90. The number of nitrogens with zero attached hydrogens (tertiary/aromatic N) is 1. The summed E-state index contributed by atoms with van der Waals surface area (Å²) in [5.74, 6) is -0.426. The van der Waals surface area contributed by atoms with Gasteiger partial charge in [0.05, 0.1) is 13.0 Å². The first-order valence-electron chi connectivity index (χ1n) is 8.02. The van der Waals surface area contributed by atoms with Crippen molar-refractivity contribution in [2.75, 3.05) is 6.61 Å². The predicted molar refractivity (Wildman–Crippen MR) is 88.5 cm³/mol. The second-order valence-electron chi connectivity index (χ2n) is 5.55. The van der Waals surface area contributed by atoms with E-state index in [4.69, 9.17) is 9.84 Å². The molecule has 0 saturated heterocycles. The minimum absolute atomic E-state index is 0.119. The zero-order valence-corrected chi connectivity index (χ0v) is 15.1. The maximum absolute atomic E-state index is 11.7. The van der Waals surface area contributed by atoms with Crippen LogP contribution in [0.1, 0.15) is 71.6 Å². The third-order valence-electron chi connectivity index (χ3n) is 3.68. The van der Waals surface area contributed by atoms with E-state index in [0.29, 0.717) is 0 Å². The molecule has 7 heteroatoms. The van der Waals surface area contributed by atoms with Crippen LogP contribution < -0.4 is 0 Å². The molecule has 0 bridgehead atoms. The lowest BCUT2D eigenvalue weighted by Gasteiger charge is -2.24. The lowest BCUT2D eigenvalue weighted by molar-refractivity contribution is -0.547. The summed E-state index contributed by atoms with van der Waals surface area (Å²) in [6, 6.07) is 0. The van der Waals surface area contributed by atoms with Crippen molar-refractivity contribution in [3.8, 4) is 0 Å². The van der Waals surface area contributed by atoms with E-state index in [1.807, 2.05) is 0 Å². The van der Waals surface area contributed by atoms with Crippen LogP contribution in [0.4, 0.5) is 0 Å². The summed E-state index contributed by atoms with van der Waals surface area (Å²) < 4.78 is 3.51. The molecule has 0 spiro atoms. The quantitative estimate of drug-likeness (QED) is 0.131. The number of carbonyl (C=O) groups is 1. The minimum Gasteiger partial charge on any atom is -0.454 e. The van der Waals surface area contributed by atoms with Crippen LogP contribution in [-0.2, 0) is 9.53 Å². The Bertz CT molecular complexity index is 340. The largest absolute Gasteiger partial charge is 0.454 e. The third-order valence-corrected chi connectivity index (χ3v) is 5.01. The van der Waals surface area contributed by atoms with Crippen LogP contribution in [0.25, 0.3) is 0 Å². The number of aliphatic hydroxyl groups excluding tert-OH is 1. The number of hydrogen-bond donors (Lipinski definition) is 1. The predicted octanol–water partition coefficient (Wildman–Crippen LogP) is 3.81. The van der Waals surface area contributed by atoms with Gasteiger partial charge in [-0.05, 0) is 13.3 Å². The van der Waals surface area contributed by atoms with Gasteiger partial charge >= 0.3 is 10.4 Å². The second-order valence-corrected chi connectivity index (χ2v) is 6.93. The second kappa shape index (κ2) is 11.8. The van der Waals surface area contributed by atoms with Crippen LogP contribution in [0.3, 0.4) is 0 Å². The molecule has 0 aromatic carbocycles. The number of ether oxygens (including phenoxy) is 1. The van der Waals surface area contributed by atoms with Gasteiger partial charge in [0.15, 0.2) is 6.10 Å². The van der Waals surface area contributed by atoms with Gasteiger partial charge in [0, 0.05) is 27.3 Å². The molecule has 0 aromatic heterocycles. The van der Waals surface area contributed by atoms with Gasteiger partial charge in [0.1, 0.15) is 0 Å². The van der Waals surface area contributed by atoms with E-state index in [9.17, 15) is 14.9 Å². The molecule has 0 saturated carbocycles. The standard InChI is InChI=1S/C15H28BrNO5/c1-3-4-5-6-7-8-9-10-14(19)22-13(2)15(16,11-12-18)17(20)21/h13,18H,3-12H2,1-2H3. The van der Waals surface area contributed by atoms with Crippen molar-refractivity contribution in [3.63, 3.8) is 0 Å². The molecule has 2 atom stereocenters. The molecule has 0 rings (SSSR count).